The van der Waals surface area contributed by atoms with Crippen molar-refractivity contribution in [1.82, 2.24) is 4.90 Å². The maximum Gasteiger partial charge on any atom is 0.317 e. The van der Waals surface area contributed by atoms with Gasteiger partial charge in [-0.15, -0.1) is 0 Å². The molecule has 6 nitrogen and oxygen atoms in total. The van der Waals surface area contributed by atoms with Gasteiger partial charge in [0.1, 0.15) is 5.60 Å². The van der Waals surface area contributed by atoms with E-state index >= 15 is 0 Å². The number of benzene rings is 1. The fourth-order valence-corrected chi connectivity index (χ4v) is 3.11. The zero-order valence-electron chi connectivity index (χ0n) is 11.4. The number of hydrogen-bond acceptors (Lipinski definition) is 5. The number of nitrogens with zero attached hydrogens (tertiary/aromatic N) is 1. The Morgan fingerprint density at radius 2 is 2.24 bits per heavy atom. The Hall–Kier alpha value is -2.21. The first-order valence-corrected chi connectivity index (χ1v) is 6.90. The Bertz CT molecular complexity index is 641. The van der Waals surface area contributed by atoms with Crippen LogP contribution in [0.3, 0.4) is 0 Å². The molecular weight excluding hydrogens is 274 g/mol. The monoisotopic (exact) mass is 289 g/mol. The molecule has 3 heterocycles. The Morgan fingerprint density at radius 3 is 3.10 bits per heavy atom. The predicted molar refractivity (Wildman–Crippen MR) is 73.7 cm³/mol. The van der Waals surface area contributed by atoms with Crippen LogP contribution in [0, 0.1) is 0 Å². The molecule has 1 fully saturated rings. The molecule has 1 unspecified atom stereocenters. The second-order valence-electron chi connectivity index (χ2n) is 5.57. The number of carboxylic acid groups (broad SMARTS) is 1. The van der Waals surface area contributed by atoms with Crippen LogP contribution in [0.1, 0.15) is 12.0 Å². The van der Waals surface area contributed by atoms with Gasteiger partial charge in [0, 0.05) is 25.1 Å². The molecule has 6 heteroatoms. The largest absolute Gasteiger partial charge is 0.480 e. The van der Waals surface area contributed by atoms with Gasteiger partial charge in [0.15, 0.2) is 11.5 Å². The lowest BCUT2D eigenvalue weighted by atomic mass is 9.97. The van der Waals surface area contributed by atoms with Crippen LogP contribution in [0.25, 0.3) is 6.08 Å². The number of carboxylic acids is 1. The Kier molecular flexibility index (Phi) is 2.62. The summed E-state index contributed by atoms with van der Waals surface area (Å²) in [7, 11) is 0. The van der Waals surface area contributed by atoms with Crippen LogP contribution in [0.5, 0.6) is 17.2 Å². The summed E-state index contributed by atoms with van der Waals surface area (Å²) in [5.74, 6) is 1.22. The molecule has 3 aliphatic heterocycles. The zero-order chi connectivity index (χ0) is 14.4. The second kappa shape index (κ2) is 4.39. The Labute approximate surface area is 121 Å². The van der Waals surface area contributed by atoms with Crippen molar-refractivity contribution in [3.63, 3.8) is 0 Å². The molecule has 1 atom stereocenters. The molecule has 0 amide bonds. The molecule has 0 saturated carbocycles. The first-order valence-electron chi connectivity index (χ1n) is 6.90. The minimum absolute atomic E-state index is 0.0400. The van der Waals surface area contributed by atoms with Gasteiger partial charge in [-0.25, -0.2) is 0 Å². The molecule has 0 radical (unpaired) electrons. The fraction of sp³-hybridized carbons (Fsp3) is 0.400. The minimum atomic E-state index is -0.815. The van der Waals surface area contributed by atoms with Crippen molar-refractivity contribution >= 4 is 12.0 Å². The van der Waals surface area contributed by atoms with Crippen LogP contribution in [0.15, 0.2) is 18.2 Å². The summed E-state index contributed by atoms with van der Waals surface area (Å²) in [6.45, 7) is 1.52. The third-order valence-corrected chi connectivity index (χ3v) is 4.10. The molecular formula is C15H15NO5. The summed E-state index contributed by atoms with van der Waals surface area (Å²) in [6.07, 6.45) is 4.81. The average Bonchev–Trinajstić information content (AvgIpc) is 3.06. The molecule has 1 aromatic rings. The summed E-state index contributed by atoms with van der Waals surface area (Å²) >= 11 is 0. The lowest BCUT2D eigenvalue weighted by Crippen LogP contribution is -2.40. The van der Waals surface area contributed by atoms with Gasteiger partial charge < -0.3 is 19.3 Å². The van der Waals surface area contributed by atoms with Crippen LogP contribution < -0.4 is 14.2 Å². The van der Waals surface area contributed by atoms with Gasteiger partial charge in [0.2, 0.25) is 12.5 Å². The van der Waals surface area contributed by atoms with E-state index in [0.29, 0.717) is 30.3 Å². The predicted octanol–water partition coefficient (Wildman–Crippen LogP) is 1.35. The number of rotatable bonds is 2. The maximum atomic E-state index is 10.8. The Balaban J connectivity index is 1.63. The molecule has 21 heavy (non-hydrogen) atoms. The van der Waals surface area contributed by atoms with Crippen LogP contribution in [0.4, 0.5) is 0 Å². The van der Waals surface area contributed by atoms with E-state index in [0.717, 1.165) is 12.0 Å². The van der Waals surface area contributed by atoms with Crippen LogP contribution in [0.2, 0.25) is 0 Å². The van der Waals surface area contributed by atoms with Gasteiger partial charge in [-0.3, -0.25) is 9.69 Å². The first kappa shape index (κ1) is 12.5. The quantitative estimate of drug-likeness (QED) is 0.886. The van der Waals surface area contributed by atoms with Crippen molar-refractivity contribution in [3.8, 4) is 17.2 Å². The van der Waals surface area contributed by atoms with Gasteiger partial charge >= 0.3 is 5.97 Å². The smallest absolute Gasteiger partial charge is 0.317 e. The molecule has 1 N–H and O–H groups in total. The van der Waals surface area contributed by atoms with E-state index in [9.17, 15) is 4.79 Å². The second-order valence-corrected chi connectivity index (χ2v) is 5.57. The number of hydrogen-bond donors (Lipinski definition) is 1. The SMILES string of the molecule is O=C(O)CN1CCC2(C=Cc3ccc4c(c3O2)OCO4)C1. The standard InChI is InChI=1S/C15H15NO5/c17-12(18)7-16-6-5-15(8-16)4-3-10-1-2-11-14(13(10)21-15)20-9-19-11/h1-4H,5-9H2,(H,17,18). The molecule has 0 aromatic heterocycles. The van der Waals surface area contributed by atoms with Crippen LogP contribution in [-0.4, -0.2) is 48.0 Å². The summed E-state index contributed by atoms with van der Waals surface area (Å²) < 4.78 is 17.1. The summed E-state index contributed by atoms with van der Waals surface area (Å²) in [5.41, 5.74) is 0.491. The number of aliphatic carboxylic acids is 1. The third kappa shape index (κ3) is 2.03. The van der Waals surface area contributed by atoms with Crippen molar-refractivity contribution in [3.05, 3.63) is 23.8 Å². The average molecular weight is 289 g/mol. The number of likely N-dealkylation sites (tertiary alicyclic amines) is 1. The van der Waals surface area contributed by atoms with E-state index in [1.54, 1.807) is 0 Å². The molecule has 1 spiro atoms. The van der Waals surface area contributed by atoms with Crippen LogP contribution >= 0.6 is 0 Å². The lowest BCUT2D eigenvalue weighted by molar-refractivity contribution is -0.138. The molecule has 3 aliphatic rings. The van der Waals surface area contributed by atoms with Gasteiger partial charge in [-0.05, 0) is 18.2 Å². The molecule has 4 rings (SSSR count). The van der Waals surface area contributed by atoms with E-state index in [2.05, 4.69) is 0 Å². The summed E-state index contributed by atoms with van der Waals surface area (Å²) in [6, 6.07) is 3.81. The van der Waals surface area contributed by atoms with Crippen LogP contribution in [-0.2, 0) is 4.79 Å². The zero-order valence-corrected chi connectivity index (χ0v) is 11.4. The van der Waals surface area contributed by atoms with Gasteiger partial charge in [-0.2, -0.15) is 0 Å². The number of fused-ring (bicyclic) bond motifs is 3. The number of carbonyl (C=O) groups is 1. The summed E-state index contributed by atoms with van der Waals surface area (Å²) in [4.78, 5) is 12.7. The van der Waals surface area contributed by atoms with Crippen molar-refractivity contribution in [2.75, 3.05) is 26.4 Å². The van der Waals surface area contributed by atoms with Crippen molar-refractivity contribution in [2.24, 2.45) is 0 Å². The fourth-order valence-electron chi connectivity index (χ4n) is 3.11. The molecule has 0 aliphatic carbocycles. The van der Waals surface area contributed by atoms with Crippen molar-refractivity contribution in [2.45, 2.75) is 12.0 Å². The minimum Gasteiger partial charge on any atom is -0.480 e. The Morgan fingerprint density at radius 1 is 1.33 bits per heavy atom. The molecule has 110 valence electrons. The van der Waals surface area contributed by atoms with Gasteiger partial charge in [0.05, 0.1) is 6.54 Å². The summed E-state index contributed by atoms with van der Waals surface area (Å²) in [5, 5.41) is 8.91. The van der Waals surface area contributed by atoms with Gasteiger partial charge in [-0.1, -0.05) is 6.08 Å². The molecule has 0 bridgehead atoms. The third-order valence-electron chi connectivity index (χ3n) is 4.10. The first-order chi connectivity index (χ1) is 10.2. The maximum absolute atomic E-state index is 10.8. The molecule has 1 saturated heterocycles. The van der Waals surface area contributed by atoms with E-state index in [4.69, 9.17) is 19.3 Å². The highest BCUT2D eigenvalue weighted by atomic mass is 16.7. The topological polar surface area (TPSA) is 68.2 Å². The van der Waals surface area contributed by atoms with Crippen molar-refractivity contribution in [1.29, 1.82) is 0 Å². The van der Waals surface area contributed by atoms with E-state index < -0.39 is 11.6 Å². The highest BCUT2D eigenvalue weighted by Crippen LogP contribution is 2.48. The van der Waals surface area contributed by atoms with E-state index in [1.807, 2.05) is 29.2 Å². The van der Waals surface area contributed by atoms with E-state index in [1.165, 1.54) is 0 Å². The van der Waals surface area contributed by atoms with E-state index in [-0.39, 0.29) is 13.3 Å². The highest BCUT2D eigenvalue weighted by molar-refractivity contribution is 5.70. The van der Waals surface area contributed by atoms with Gasteiger partial charge in [0.25, 0.3) is 0 Å². The lowest BCUT2D eigenvalue weighted by Gasteiger charge is -2.31. The molecule has 1 aromatic carbocycles. The van der Waals surface area contributed by atoms with Crippen molar-refractivity contribution < 1.29 is 24.1 Å². The normalized spacial score (nSPS) is 25.9. The number of ether oxygens (including phenoxy) is 3. The highest BCUT2D eigenvalue weighted by Gasteiger charge is 2.42.